The van der Waals surface area contributed by atoms with Crippen LogP contribution in [-0.4, -0.2) is 25.3 Å². The van der Waals surface area contributed by atoms with Crippen LogP contribution in [0.25, 0.3) is 0 Å². The summed E-state index contributed by atoms with van der Waals surface area (Å²) in [5.41, 5.74) is 0. The fraction of sp³-hybridized carbons (Fsp3) is 1.00. The van der Waals surface area contributed by atoms with Gasteiger partial charge in [0.25, 0.3) is 0 Å². The maximum atomic E-state index is 5.87. The predicted molar refractivity (Wildman–Crippen MR) is 65.1 cm³/mol. The van der Waals surface area contributed by atoms with Crippen LogP contribution in [0.2, 0.25) is 0 Å². The van der Waals surface area contributed by atoms with Gasteiger partial charge in [-0.3, -0.25) is 0 Å². The van der Waals surface area contributed by atoms with E-state index in [1.165, 1.54) is 19.3 Å². The molecular weight excluding hydrogens is 186 g/mol. The largest absolute Gasteiger partial charge is 0.378 e. The highest BCUT2D eigenvalue weighted by molar-refractivity contribution is 4.82. The zero-order valence-corrected chi connectivity index (χ0v) is 10.8. The summed E-state index contributed by atoms with van der Waals surface area (Å²) in [4.78, 5) is 0. The van der Waals surface area contributed by atoms with Crippen LogP contribution in [0, 0.1) is 11.8 Å². The zero-order chi connectivity index (χ0) is 11.3. The highest BCUT2D eigenvalue weighted by atomic mass is 16.5. The van der Waals surface area contributed by atoms with Gasteiger partial charge in [0.2, 0.25) is 0 Å². The van der Waals surface area contributed by atoms with Gasteiger partial charge in [-0.25, -0.2) is 0 Å². The van der Waals surface area contributed by atoms with Crippen molar-refractivity contribution in [3.63, 3.8) is 0 Å². The maximum Gasteiger partial charge on any atom is 0.0641 e. The van der Waals surface area contributed by atoms with Gasteiger partial charge >= 0.3 is 0 Å². The molecule has 1 aliphatic rings. The molecule has 0 amide bonds. The van der Waals surface area contributed by atoms with E-state index in [1.54, 1.807) is 0 Å². The lowest BCUT2D eigenvalue weighted by Gasteiger charge is -2.25. The smallest absolute Gasteiger partial charge is 0.0641 e. The van der Waals surface area contributed by atoms with Gasteiger partial charge in [-0.1, -0.05) is 34.1 Å². The van der Waals surface area contributed by atoms with E-state index < -0.39 is 0 Å². The number of nitrogens with one attached hydrogen (secondary N) is 1. The van der Waals surface area contributed by atoms with E-state index >= 15 is 0 Å². The third-order valence-corrected chi connectivity index (χ3v) is 3.36. The van der Waals surface area contributed by atoms with E-state index in [0.29, 0.717) is 12.1 Å². The average molecular weight is 213 g/mol. The first-order chi connectivity index (χ1) is 7.15. The molecule has 1 saturated heterocycles. The number of rotatable bonds is 6. The quantitative estimate of drug-likeness (QED) is 0.732. The second kappa shape index (κ2) is 6.49. The molecule has 0 radical (unpaired) electrons. The predicted octanol–water partition coefficient (Wildman–Crippen LogP) is 2.83. The second-order valence-electron chi connectivity index (χ2n) is 5.21. The van der Waals surface area contributed by atoms with Gasteiger partial charge in [0.05, 0.1) is 6.10 Å². The van der Waals surface area contributed by atoms with Crippen LogP contribution in [0.15, 0.2) is 0 Å². The molecular formula is C13H27NO. The first-order valence-electron chi connectivity index (χ1n) is 6.50. The summed E-state index contributed by atoms with van der Waals surface area (Å²) in [7, 11) is 0. The van der Waals surface area contributed by atoms with Gasteiger partial charge in [-0.2, -0.15) is 0 Å². The van der Waals surface area contributed by atoms with E-state index in [0.717, 1.165) is 25.0 Å². The summed E-state index contributed by atoms with van der Waals surface area (Å²) in [5.74, 6) is 1.45. The fourth-order valence-electron chi connectivity index (χ4n) is 2.51. The molecule has 3 unspecified atom stereocenters. The minimum atomic E-state index is 0.496. The van der Waals surface area contributed by atoms with Gasteiger partial charge in [0.15, 0.2) is 0 Å². The van der Waals surface area contributed by atoms with Crippen molar-refractivity contribution in [2.45, 2.75) is 59.1 Å². The van der Waals surface area contributed by atoms with Crippen LogP contribution in [0.4, 0.5) is 0 Å². The molecule has 1 aliphatic heterocycles. The number of hydrogen-bond acceptors (Lipinski definition) is 2. The minimum Gasteiger partial charge on any atom is -0.378 e. The van der Waals surface area contributed by atoms with Crippen molar-refractivity contribution in [3.05, 3.63) is 0 Å². The normalized spacial score (nSPS) is 28.6. The van der Waals surface area contributed by atoms with Crippen LogP contribution in [0.5, 0.6) is 0 Å². The van der Waals surface area contributed by atoms with Crippen LogP contribution in [-0.2, 0) is 4.74 Å². The van der Waals surface area contributed by atoms with E-state index in [2.05, 4.69) is 33.0 Å². The monoisotopic (exact) mass is 213 g/mol. The van der Waals surface area contributed by atoms with Crippen molar-refractivity contribution >= 4 is 0 Å². The van der Waals surface area contributed by atoms with Crippen molar-refractivity contribution in [1.29, 1.82) is 0 Å². The van der Waals surface area contributed by atoms with Crippen molar-refractivity contribution in [3.8, 4) is 0 Å². The summed E-state index contributed by atoms with van der Waals surface area (Å²) < 4.78 is 5.87. The lowest BCUT2D eigenvalue weighted by molar-refractivity contribution is 0.0441. The maximum absolute atomic E-state index is 5.87. The lowest BCUT2D eigenvalue weighted by atomic mass is 9.89. The Balaban J connectivity index is 2.35. The molecule has 2 nitrogen and oxygen atoms in total. The summed E-state index contributed by atoms with van der Waals surface area (Å²) in [6.07, 6.45) is 4.29. The van der Waals surface area contributed by atoms with E-state index in [9.17, 15) is 0 Å². The van der Waals surface area contributed by atoms with Crippen molar-refractivity contribution in [2.24, 2.45) is 11.8 Å². The summed E-state index contributed by atoms with van der Waals surface area (Å²) in [6.45, 7) is 11.1. The van der Waals surface area contributed by atoms with E-state index in [1.807, 2.05) is 0 Å². The standard InChI is InChI=1S/C13H27NO/c1-5-6-11(4)13-12(7-8-15-13)9-14-10(2)3/h10-14H,5-9H2,1-4H3. The summed E-state index contributed by atoms with van der Waals surface area (Å²) in [6, 6.07) is 0.590. The zero-order valence-electron chi connectivity index (χ0n) is 10.8. The molecule has 0 bridgehead atoms. The van der Waals surface area contributed by atoms with E-state index in [-0.39, 0.29) is 0 Å². The van der Waals surface area contributed by atoms with Crippen LogP contribution in [0.3, 0.4) is 0 Å². The molecule has 0 spiro atoms. The van der Waals surface area contributed by atoms with Gasteiger partial charge in [0, 0.05) is 25.1 Å². The molecule has 0 aromatic rings. The van der Waals surface area contributed by atoms with Crippen molar-refractivity contribution < 1.29 is 4.74 Å². The van der Waals surface area contributed by atoms with Gasteiger partial charge in [-0.15, -0.1) is 0 Å². The Bertz CT molecular complexity index is 170. The van der Waals surface area contributed by atoms with Gasteiger partial charge < -0.3 is 10.1 Å². The molecule has 1 heterocycles. The average Bonchev–Trinajstić information content (AvgIpc) is 2.62. The van der Waals surface area contributed by atoms with E-state index in [4.69, 9.17) is 4.74 Å². The van der Waals surface area contributed by atoms with Gasteiger partial charge in [0.1, 0.15) is 0 Å². The lowest BCUT2D eigenvalue weighted by Crippen LogP contribution is -2.35. The molecule has 0 aromatic carbocycles. The summed E-state index contributed by atoms with van der Waals surface area (Å²) >= 11 is 0. The first kappa shape index (κ1) is 13.0. The van der Waals surface area contributed by atoms with Crippen molar-refractivity contribution in [2.75, 3.05) is 13.2 Å². The Kier molecular flexibility index (Phi) is 5.62. The Hall–Kier alpha value is -0.0800. The third kappa shape index (κ3) is 4.12. The first-order valence-corrected chi connectivity index (χ1v) is 6.50. The third-order valence-electron chi connectivity index (χ3n) is 3.36. The molecule has 3 atom stereocenters. The van der Waals surface area contributed by atoms with Crippen LogP contribution in [0.1, 0.15) is 47.0 Å². The second-order valence-corrected chi connectivity index (χ2v) is 5.21. The van der Waals surface area contributed by atoms with Crippen LogP contribution < -0.4 is 5.32 Å². The number of ether oxygens (including phenoxy) is 1. The highest BCUT2D eigenvalue weighted by Gasteiger charge is 2.31. The highest BCUT2D eigenvalue weighted by Crippen LogP contribution is 2.28. The van der Waals surface area contributed by atoms with Gasteiger partial charge in [-0.05, 0) is 18.8 Å². The Morgan fingerprint density at radius 1 is 1.33 bits per heavy atom. The number of hydrogen-bond donors (Lipinski definition) is 1. The molecule has 15 heavy (non-hydrogen) atoms. The Morgan fingerprint density at radius 3 is 2.67 bits per heavy atom. The topological polar surface area (TPSA) is 21.3 Å². The molecule has 1 fully saturated rings. The molecule has 1 rings (SSSR count). The molecule has 1 N–H and O–H groups in total. The molecule has 2 heteroatoms. The van der Waals surface area contributed by atoms with Crippen molar-refractivity contribution in [1.82, 2.24) is 5.32 Å². The fourth-order valence-corrected chi connectivity index (χ4v) is 2.51. The Morgan fingerprint density at radius 2 is 2.07 bits per heavy atom. The van der Waals surface area contributed by atoms with Crippen LogP contribution >= 0.6 is 0 Å². The SMILES string of the molecule is CCCC(C)C1OCCC1CNC(C)C. The Labute approximate surface area is 94.8 Å². The molecule has 0 saturated carbocycles. The molecule has 90 valence electrons. The minimum absolute atomic E-state index is 0.496. The molecule has 0 aliphatic carbocycles. The summed E-state index contributed by atoms with van der Waals surface area (Å²) in [5, 5.41) is 3.53. The molecule has 0 aromatic heterocycles.